The van der Waals surface area contributed by atoms with Crippen LogP contribution in [0, 0.1) is 0 Å². The molecule has 98 valence electrons. The molecule has 0 spiro atoms. The van der Waals surface area contributed by atoms with Crippen LogP contribution in [0.1, 0.15) is 29.6 Å². The van der Waals surface area contributed by atoms with Crippen LogP contribution in [0.5, 0.6) is 0 Å². The fourth-order valence-electron chi connectivity index (χ4n) is 1.62. The van der Waals surface area contributed by atoms with E-state index in [1.165, 1.54) is 12.8 Å². The molecule has 0 aliphatic heterocycles. The Morgan fingerprint density at radius 3 is 2.67 bits per heavy atom. The molecule has 18 heavy (non-hydrogen) atoms. The van der Waals surface area contributed by atoms with Crippen molar-refractivity contribution in [3.63, 3.8) is 0 Å². The van der Waals surface area contributed by atoms with Crippen molar-refractivity contribution in [1.82, 2.24) is 10.6 Å². The summed E-state index contributed by atoms with van der Waals surface area (Å²) in [6.45, 7) is 1.62. The van der Waals surface area contributed by atoms with Gasteiger partial charge in [0.2, 0.25) is 0 Å². The van der Waals surface area contributed by atoms with Gasteiger partial charge < -0.3 is 10.6 Å². The van der Waals surface area contributed by atoms with E-state index in [1.54, 1.807) is 18.2 Å². The van der Waals surface area contributed by atoms with Gasteiger partial charge in [0.25, 0.3) is 5.91 Å². The highest BCUT2D eigenvalue weighted by molar-refractivity contribution is 6.42. The average Bonchev–Trinajstić information content (AvgIpc) is 3.16. The number of carbonyl (C=O) groups is 1. The summed E-state index contributed by atoms with van der Waals surface area (Å²) in [6.07, 6.45) is 3.51. The van der Waals surface area contributed by atoms with Gasteiger partial charge >= 0.3 is 0 Å². The summed E-state index contributed by atoms with van der Waals surface area (Å²) in [5.74, 6) is -0.111. The number of carbonyl (C=O) groups excluding carboxylic acids is 1. The molecule has 1 aromatic carbocycles. The predicted molar refractivity (Wildman–Crippen MR) is 74.4 cm³/mol. The Morgan fingerprint density at radius 1 is 1.22 bits per heavy atom. The lowest BCUT2D eigenvalue weighted by atomic mass is 10.2. The Bertz CT molecular complexity index is 433. The molecule has 0 saturated heterocycles. The van der Waals surface area contributed by atoms with E-state index in [9.17, 15) is 4.79 Å². The van der Waals surface area contributed by atoms with Crippen molar-refractivity contribution in [2.45, 2.75) is 25.3 Å². The van der Waals surface area contributed by atoms with Gasteiger partial charge in [0.15, 0.2) is 0 Å². The fourth-order valence-corrected chi connectivity index (χ4v) is 1.92. The van der Waals surface area contributed by atoms with Crippen LogP contribution in [-0.4, -0.2) is 25.0 Å². The van der Waals surface area contributed by atoms with E-state index in [0.29, 0.717) is 22.2 Å². The molecule has 5 heteroatoms. The lowest BCUT2D eigenvalue weighted by Crippen LogP contribution is -2.27. The standard InChI is InChI=1S/C13H16Cl2N2O/c14-11-5-2-9(8-12(11)15)13(18)17-7-1-6-16-10-3-4-10/h2,5,8,10,16H,1,3-4,6-7H2,(H,17,18). The molecule has 0 heterocycles. The summed E-state index contributed by atoms with van der Waals surface area (Å²) < 4.78 is 0. The van der Waals surface area contributed by atoms with Crippen LogP contribution in [0.15, 0.2) is 18.2 Å². The van der Waals surface area contributed by atoms with E-state index < -0.39 is 0 Å². The number of hydrogen-bond acceptors (Lipinski definition) is 2. The van der Waals surface area contributed by atoms with Crippen molar-refractivity contribution >= 4 is 29.1 Å². The van der Waals surface area contributed by atoms with E-state index >= 15 is 0 Å². The van der Waals surface area contributed by atoms with E-state index in [4.69, 9.17) is 23.2 Å². The summed E-state index contributed by atoms with van der Waals surface area (Å²) >= 11 is 11.7. The normalized spacial score (nSPS) is 14.6. The fraction of sp³-hybridized carbons (Fsp3) is 0.462. The number of hydrogen-bond donors (Lipinski definition) is 2. The first-order chi connectivity index (χ1) is 8.66. The maximum atomic E-state index is 11.8. The van der Waals surface area contributed by atoms with E-state index in [1.807, 2.05) is 0 Å². The van der Waals surface area contributed by atoms with Crippen LogP contribution >= 0.6 is 23.2 Å². The Labute approximate surface area is 117 Å². The van der Waals surface area contributed by atoms with Gasteiger partial charge in [-0.25, -0.2) is 0 Å². The molecule has 0 radical (unpaired) electrons. The Hall–Kier alpha value is -0.770. The molecule has 1 saturated carbocycles. The third-order valence-electron chi connectivity index (χ3n) is 2.83. The molecule has 1 aliphatic carbocycles. The van der Waals surface area contributed by atoms with Crippen LogP contribution in [0.3, 0.4) is 0 Å². The number of benzene rings is 1. The first kappa shape index (κ1) is 13.7. The van der Waals surface area contributed by atoms with Gasteiger partial charge in [-0.05, 0) is 44.0 Å². The van der Waals surface area contributed by atoms with Crippen LogP contribution < -0.4 is 10.6 Å². The van der Waals surface area contributed by atoms with Crippen molar-refractivity contribution in [2.24, 2.45) is 0 Å². The second-order valence-corrected chi connectivity index (χ2v) is 5.28. The molecule has 1 aliphatic rings. The molecular weight excluding hydrogens is 271 g/mol. The smallest absolute Gasteiger partial charge is 0.251 e. The largest absolute Gasteiger partial charge is 0.352 e. The first-order valence-corrected chi connectivity index (χ1v) is 6.89. The molecule has 0 bridgehead atoms. The van der Waals surface area contributed by atoms with Gasteiger partial charge in [-0.2, -0.15) is 0 Å². The minimum absolute atomic E-state index is 0.111. The zero-order valence-corrected chi connectivity index (χ0v) is 11.5. The van der Waals surface area contributed by atoms with Crippen LogP contribution in [0.25, 0.3) is 0 Å². The lowest BCUT2D eigenvalue weighted by molar-refractivity contribution is 0.0953. The molecule has 0 aromatic heterocycles. The molecule has 0 unspecified atom stereocenters. The maximum absolute atomic E-state index is 11.8. The Morgan fingerprint density at radius 2 is 2.00 bits per heavy atom. The minimum atomic E-state index is -0.111. The second-order valence-electron chi connectivity index (χ2n) is 4.47. The number of nitrogens with one attached hydrogen (secondary N) is 2. The summed E-state index contributed by atoms with van der Waals surface area (Å²) in [7, 11) is 0. The first-order valence-electron chi connectivity index (χ1n) is 6.13. The third-order valence-corrected chi connectivity index (χ3v) is 3.57. The van der Waals surface area contributed by atoms with Crippen molar-refractivity contribution < 1.29 is 4.79 Å². The number of amides is 1. The molecule has 2 rings (SSSR count). The van der Waals surface area contributed by atoms with Gasteiger partial charge in [-0.1, -0.05) is 23.2 Å². The summed E-state index contributed by atoms with van der Waals surface area (Å²) in [5, 5.41) is 7.12. The summed E-state index contributed by atoms with van der Waals surface area (Å²) in [5.41, 5.74) is 0.541. The van der Waals surface area contributed by atoms with E-state index in [0.717, 1.165) is 19.0 Å². The lowest BCUT2D eigenvalue weighted by Gasteiger charge is -2.06. The highest BCUT2D eigenvalue weighted by Gasteiger charge is 2.19. The molecule has 1 fully saturated rings. The average molecular weight is 287 g/mol. The quantitative estimate of drug-likeness (QED) is 0.790. The monoisotopic (exact) mass is 286 g/mol. The maximum Gasteiger partial charge on any atom is 0.251 e. The summed E-state index contributed by atoms with van der Waals surface area (Å²) in [6, 6.07) is 5.61. The Balaban J connectivity index is 1.70. The zero-order valence-electron chi connectivity index (χ0n) is 10.0. The van der Waals surface area contributed by atoms with Crippen LogP contribution in [0.2, 0.25) is 10.0 Å². The topological polar surface area (TPSA) is 41.1 Å². The van der Waals surface area contributed by atoms with Gasteiger partial charge in [0.05, 0.1) is 10.0 Å². The molecular formula is C13H16Cl2N2O. The van der Waals surface area contributed by atoms with Gasteiger partial charge in [0, 0.05) is 18.2 Å². The minimum Gasteiger partial charge on any atom is -0.352 e. The van der Waals surface area contributed by atoms with Gasteiger partial charge in [0.1, 0.15) is 0 Å². The Kier molecular flexibility index (Phi) is 4.87. The van der Waals surface area contributed by atoms with Gasteiger partial charge in [-0.15, -0.1) is 0 Å². The third kappa shape index (κ3) is 4.16. The molecule has 3 nitrogen and oxygen atoms in total. The number of rotatable bonds is 6. The zero-order chi connectivity index (χ0) is 13.0. The molecule has 1 aromatic rings. The van der Waals surface area contributed by atoms with E-state index in [-0.39, 0.29) is 5.91 Å². The van der Waals surface area contributed by atoms with Crippen molar-refractivity contribution in [2.75, 3.05) is 13.1 Å². The highest BCUT2D eigenvalue weighted by Crippen LogP contribution is 2.22. The van der Waals surface area contributed by atoms with E-state index in [2.05, 4.69) is 10.6 Å². The number of halogens is 2. The van der Waals surface area contributed by atoms with Crippen LogP contribution in [-0.2, 0) is 0 Å². The van der Waals surface area contributed by atoms with Crippen molar-refractivity contribution in [3.8, 4) is 0 Å². The van der Waals surface area contributed by atoms with Crippen molar-refractivity contribution in [1.29, 1.82) is 0 Å². The predicted octanol–water partition coefficient (Wildman–Crippen LogP) is 2.87. The molecule has 2 N–H and O–H groups in total. The highest BCUT2D eigenvalue weighted by atomic mass is 35.5. The SMILES string of the molecule is O=C(NCCCNC1CC1)c1ccc(Cl)c(Cl)c1. The molecule has 0 atom stereocenters. The van der Waals surface area contributed by atoms with Crippen molar-refractivity contribution in [3.05, 3.63) is 33.8 Å². The van der Waals surface area contributed by atoms with Crippen LogP contribution in [0.4, 0.5) is 0 Å². The second kappa shape index (κ2) is 6.41. The molecule has 1 amide bonds. The summed E-state index contributed by atoms with van der Waals surface area (Å²) in [4.78, 5) is 11.8. The van der Waals surface area contributed by atoms with Gasteiger partial charge in [-0.3, -0.25) is 4.79 Å².